The average molecular weight is 612 g/mol. The monoisotopic (exact) mass is 611 g/mol. The molecule has 44 heavy (non-hydrogen) atoms. The van der Waals surface area contributed by atoms with E-state index in [4.69, 9.17) is 0 Å². The number of aliphatic hydroxyl groups excluding tert-OH is 1. The summed E-state index contributed by atoms with van der Waals surface area (Å²) in [6.07, 6.45) is -2.38. The molecule has 10 heteroatoms. The number of aliphatic hydroxyl groups is 1. The minimum atomic E-state index is -4.29. The van der Waals surface area contributed by atoms with E-state index in [1.807, 2.05) is 12.1 Å². The van der Waals surface area contributed by atoms with Crippen LogP contribution in [0.5, 0.6) is 0 Å². The third kappa shape index (κ3) is 6.81. The second kappa shape index (κ2) is 13.5. The number of nitrogens with zero attached hydrogens (tertiary/aromatic N) is 2. The number of hydrogen-bond acceptors (Lipinski definition) is 4. The molecular weight excluding hydrogens is 574 g/mol. The highest BCUT2D eigenvalue weighted by Crippen LogP contribution is 2.39. The van der Waals surface area contributed by atoms with Crippen LogP contribution in [0.2, 0.25) is 0 Å². The lowest BCUT2D eigenvalue weighted by atomic mass is 9.83. The topological polar surface area (TPSA) is 72.9 Å². The van der Waals surface area contributed by atoms with Crippen LogP contribution in [-0.2, 0) is 17.8 Å². The van der Waals surface area contributed by atoms with Gasteiger partial charge in [0.25, 0.3) is 5.91 Å². The maximum Gasteiger partial charge on any atom is 0.404 e. The number of nitrogens with one attached hydrogen (secondary N) is 1. The molecule has 1 unspecified atom stereocenters. The first-order chi connectivity index (χ1) is 21.1. The van der Waals surface area contributed by atoms with Crippen LogP contribution in [0.4, 0.5) is 23.2 Å². The van der Waals surface area contributed by atoms with Crippen LogP contribution in [-0.4, -0.2) is 58.6 Å². The Morgan fingerprint density at radius 3 is 2.39 bits per heavy atom. The van der Waals surface area contributed by atoms with E-state index in [-0.39, 0.29) is 31.0 Å². The van der Waals surface area contributed by atoms with E-state index < -0.39 is 35.9 Å². The van der Waals surface area contributed by atoms with Crippen molar-refractivity contribution in [2.45, 2.75) is 63.8 Å². The summed E-state index contributed by atoms with van der Waals surface area (Å²) >= 11 is 0. The van der Waals surface area contributed by atoms with E-state index in [0.29, 0.717) is 61.2 Å². The van der Waals surface area contributed by atoms with Gasteiger partial charge in [-0.3, -0.25) is 14.5 Å². The fraction of sp³-hybridized carbons (Fsp3) is 0.412. The van der Waals surface area contributed by atoms with E-state index in [0.717, 1.165) is 5.56 Å². The van der Waals surface area contributed by atoms with Crippen molar-refractivity contribution in [3.63, 3.8) is 0 Å². The number of alkyl halides is 3. The van der Waals surface area contributed by atoms with Crippen molar-refractivity contribution < 1.29 is 32.3 Å². The van der Waals surface area contributed by atoms with Gasteiger partial charge >= 0.3 is 6.18 Å². The molecule has 3 aromatic carbocycles. The summed E-state index contributed by atoms with van der Waals surface area (Å²) in [5.74, 6) is -2.14. The van der Waals surface area contributed by atoms with Crippen LogP contribution in [0.15, 0.2) is 66.7 Å². The largest absolute Gasteiger partial charge is 0.404 e. The Kier molecular flexibility index (Phi) is 9.70. The molecule has 3 aromatic rings. The fourth-order valence-corrected chi connectivity index (χ4v) is 6.60. The number of para-hydroxylation sites is 1. The van der Waals surface area contributed by atoms with Crippen LogP contribution in [0, 0.1) is 18.7 Å². The predicted octanol–water partition coefficient (Wildman–Crippen LogP) is 6.43. The molecule has 2 saturated heterocycles. The Labute approximate surface area is 254 Å². The highest BCUT2D eigenvalue weighted by atomic mass is 19.4. The molecule has 234 valence electrons. The van der Waals surface area contributed by atoms with Crippen LogP contribution in [0.25, 0.3) is 0 Å². The first kappa shape index (κ1) is 31.7. The number of amides is 2. The Morgan fingerprint density at radius 2 is 1.68 bits per heavy atom. The molecule has 0 spiro atoms. The molecule has 0 radical (unpaired) electrons. The third-order valence-electron chi connectivity index (χ3n) is 8.77. The van der Waals surface area contributed by atoms with E-state index >= 15 is 0 Å². The second-order valence-corrected chi connectivity index (χ2v) is 11.7. The van der Waals surface area contributed by atoms with Crippen LogP contribution in [0.1, 0.15) is 64.3 Å². The number of likely N-dealkylation sites (tertiary alicyclic amines) is 2. The summed E-state index contributed by atoms with van der Waals surface area (Å²) in [7, 11) is 0. The number of carbonyl (C=O) groups excluding carboxylic acids is 2. The lowest BCUT2D eigenvalue weighted by molar-refractivity contribution is -0.177. The van der Waals surface area contributed by atoms with E-state index in [1.54, 1.807) is 54.3 Å². The Bertz CT molecular complexity index is 1460. The summed E-state index contributed by atoms with van der Waals surface area (Å²) < 4.78 is 55.5. The SMILES string of the molecule is Cc1cccc(F)c1C(=O)N1CCC[C@H](C(=O)Nc2ccccc2CCO)[C@@H]1c1ccc(CN2CCCC2C(F)(F)F)cc1. The average Bonchev–Trinajstić information content (AvgIpc) is 3.47. The van der Waals surface area contributed by atoms with Crippen molar-refractivity contribution in [2.75, 3.05) is 25.0 Å². The fourth-order valence-electron chi connectivity index (χ4n) is 6.60. The van der Waals surface area contributed by atoms with Crippen molar-refractivity contribution in [3.05, 3.63) is 100 Å². The van der Waals surface area contributed by atoms with E-state index in [1.165, 1.54) is 17.0 Å². The van der Waals surface area contributed by atoms with E-state index in [9.17, 15) is 32.3 Å². The van der Waals surface area contributed by atoms with Crippen molar-refractivity contribution >= 4 is 17.5 Å². The Hall–Kier alpha value is -3.76. The van der Waals surface area contributed by atoms with Crippen molar-refractivity contribution in [1.29, 1.82) is 0 Å². The third-order valence-corrected chi connectivity index (χ3v) is 8.77. The van der Waals surface area contributed by atoms with Gasteiger partial charge in [0, 0.05) is 25.4 Å². The minimum Gasteiger partial charge on any atom is -0.396 e. The molecule has 0 bridgehead atoms. The molecule has 0 saturated carbocycles. The van der Waals surface area contributed by atoms with Gasteiger partial charge in [0.05, 0.1) is 17.5 Å². The molecule has 2 N–H and O–H groups in total. The first-order valence-corrected chi connectivity index (χ1v) is 15.0. The van der Waals surface area contributed by atoms with Gasteiger partial charge < -0.3 is 15.3 Å². The normalized spacial score (nSPS) is 21.0. The predicted molar refractivity (Wildman–Crippen MR) is 159 cm³/mol. The Morgan fingerprint density at radius 1 is 0.955 bits per heavy atom. The second-order valence-electron chi connectivity index (χ2n) is 11.7. The lowest BCUT2D eigenvalue weighted by Gasteiger charge is -2.41. The standard InChI is InChI=1S/C34H37F4N3O3/c1-22-7-4-10-27(35)30(22)33(44)41-19-5-9-26(32(43)39-28-11-3-2-8-24(28)17-20-42)31(41)25-15-13-23(14-16-25)21-40-18-6-12-29(40)34(36,37)38/h2-4,7-8,10-11,13-16,26,29,31,42H,5-6,9,12,17-21H2,1H3,(H,39,43)/t26-,29?,31-/m0/s1. The number of anilines is 1. The molecule has 2 aliphatic heterocycles. The number of aryl methyl sites for hydroxylation is 1. The maximum atomic E-state index is 15.0. The summed E-state index contributed by atoms with van der Waals surface area (Å²) in [4.78, 5) is 30.8. The summed E-state index contributed by atoms with van der Waals surface area (Å²) in [6, 6.07) is 16.4. The van der Waals surface area contributed by atoms with Gasteiger partial charge in [0.15, 0.2) is 0 Å². The van der Waals surface area contributed by atoms with Gasteiger partial charge in [-0.2, -0.15) is 13.2 Å². The number of hydrogen-bond donors (Lipinski definition) is 2. The van der Waals surface area contributed by atoms with Crippen LogP contribution < -0.4 is 5.32 Å². The molecule has 3 atom stereocenters. The van der Waals surface area contributed by atoms with Gasteiger partial charge in [-0.05, 0) is 80.0 Å². The van der Waals surface area contributed by atoms with Gasteiger partial charge in [0.2, 0.25) is 5.91 Å². The first-order valence-electron chi connectivity index (χ1n) is 15.0. The zero-order chi connectivity index (χ0) is 31.4. The maximum absolute atomic E-state index is 15.0. The molecular formula is C34H37F4N3O3. The molecule has 0 aliphatic carbocycles. The molecule has 2 heterocycles. The summed E-state index contributed by atoms with van der Waals surface area (Å²) in [5, 5.41) is 12.5. The molecule has 2 aliphatic rings. The Balaban J connectivity index is 1.47. The highest BCUT2D eigenvalue weighted by Gasteiger charge is 2.46. The highest BCUT2D eigenvalue weighted by molar-refractivity contribution is 5.98. The van der Waals surface area contributed by atoms with Crippen LogP contribution >= 0.6 is 0 Å². The van der Waals surface area contributed by atoms with Gasteiger partial charge in [-0.25, -0.2) is 4.39 Å². The van der Waals surface area contributed by atoms with Gasteiger partial charge in [0.1, 0.15) is 11.9 Å². The van der Waals surface area contributed by atoms with Crippen molar-refractivity contribution in [1.82, 2.24) is 9.80 Å². The lowest BCUT2D eigenvalue weighted by Crippen LogP contribution is -2.47. The van der Waals surface area contributed by atoms with Gasteiger partial charge in [-0.15, -0.1) is 0 Å². The quantitative estimate of drug-likeness (QED) is 0.288. The van der Waals surface area contributed by atoms with E-state index in [2.05, 4.69) is 5.32 Å². The van der Waals surface area contributed by atoms with Gasteiger partial charge in [-0.1, -0.05) is 54.6 Å². The number of halogens is 4. The minimum absolute atomic E-state index is 0.0457. The number of piperidine rings is 1. The molecule has 5 rings (SSSR count). The number of benzene rings is 3. The zero-order valence-electron chi connectivity index (χ0n) is 24.6. The van der Waals surface area contributed by atoms with Crippen molar-refractivity contribution in [2.24, 2.45) is 5.92 Å². The zero-order valence-corrected chi connectivity index (χ0v) is 24.6. The number of rotatable bonds is 8. The molecule has 2 amide bonds. The van der Waals surface area contributed by atoms with Crippen molar-refractivity contribution in [3.8, 4) is 0 Å². The summed E-state index contributed by atoms with van der Waals surface area (Å²) in [5.41, 5.74) is 3.12. The molecule has 2 fully saturated rings. The summed E-state index contributed by atoms with van der Waals surface area (Å²) in [6.45, 7) is 2.39. The smallest absolute Gasteiger partial charge is 0.396 e. The molecule has 6 nitrogen and oxygen atoms in total. The molecule has 0 aromatic heterocycles. The van der Waals surface area contributed by atoms with Crippen LogP contribution in [0.3, 0.4) is 0 Å². The number of carbonyl (C=O) groups is 2.